The van der Waals surface area contributed by atoms with Crippen LogP contribution in [-0.2, 0) is 6.42 Å². The van der Waals surface area contributed by atoms with Gasteiger partial charge >= 0.3 is 0 Å². The Balaban J connectivity index is 0.00000242. The Bertz CT molecular complexity index is 592. The lowest BCUT2D eigenvalue weighted by Crippen LogP contribution is -2.37. The topological polar surface area (TPSA) is 72.1 Å². The Labute approximate surface area is 137 Å². The molecule has 0 aliphatic rings. The Morgan fingerprint density at radius 2 is 1.95 bits per heavy atom. The van der Waals surface area contributed by atoms with E-state index in [2.05, 4.69) is 22.1 Å². The average molecular weight is 321 g/mol. The van der Waals surface area contributed by atoms with Crippen molar-refractivity contribution in [3.8, 4) is 0 Å². The molecule has 2 N–H and O–H groups in total. The maximum Gasteiger partial charge on any atom is 0.257 e. The molecule has 0 saturated carbocycles. The van der Waals surface area contributed by atoms with Gasteiger partial charge in [0.25, 0.3) is 5.91 Å². The lowest BCUT2D eigenvalue weighted by molar-refractivity contribution is 0.0760. The third-order valence-corrected chi connectivity index (χ3v) is 3.34. The molecule has 2 rings (SSSR count). The molecule has 6 heteroatoms. The molecule has 5 nitrogen and oxygen atoms in total. The molecule has 1 heterocycles. The number of nitrogens with zero attached hydrogens (tertiary/aromatic N) is 3. The quantitative estimate of drug-likeness (QED) is 0.881. The van der Waals surface area contributed by atoms with E-state index in [9.17, 15) is 4.79 Å². The standard InChI is InChI=1S/C16H20N4O.ClH/c1-13-15(11-18-12-19-13)16(21)20(10-8-17)9-7-14-5-3-2-4-6-14;/h2-6,11-12H,7-10,17H2,1H3;1H. The van der Waals surface area contributed by atoms with E-state index in [1.54, 1.807) is 11.1 Å². The molecule has 0 spiro atoms. The molecule has 118 valence electrons. The number of nitrogens with two attached hydrogens (primary N) is 1. The van der Waals surface area contributed by atoms with Gasteiger partial charge in [0, 0.05) is 25.8 Å². The third-order valence-electron chi connectivity index (χ3n) is 3.34. The number of aryl methyl sites for hydroxylation is 1. The number of carbonyl (C=O) groups is 1. The summed E-state index contributed by atoms with van der Waals surface area (Å²) in [6.45, 7) is 3.41. The first-order chi connectivity index (χ1) is 10.2. The molecule has 0 unspecified atom stereocenters. The highest BCUT2D eigenvalue weighted by Gasteiger charge is 2.17. The molecule has 2 aromatic rings. The van der Waals surface area contributed by atoms with Crippen molar-refractivity contribution in [1.29, 1.82) is 0 Å². The van der Waals surface area contributed by atoms with E-state index in [0.717, 1.165) is 6.42 Å². The zero-order valence-corrected chi connectivity index (χ0v) is 13.4. The van der Waals surface area contributed by atoms with Crippen molar-refractivity contribution >= 4 is 18.3 Å². The van der Waals surface area contributed by atoms with Crippen molar-refractivity contribution in [3.05, 3.63) is 59.7 Å². The zero-order valence-electron chi connectivity index (χ0n) is 12.6. The van der Waals surface area contributed by atoms with Crippen molar-refractivity contribution in [1.82, 2.24) is 14.9 Å². The van der Waals surface area contributed by atoms with Crippen molar-refractivity contribution in [2.24, 2.45) is 5.73 Å². The number of hydrogen-bond acceptors (Lipinski definition) is 4. The van der Waals surface area contributed by atoms with Crippen LogP contribution in [0.15, 0.2) is 42.9 Å². The summed E-state index contributed by atoms with van der Waals surface area (Å²) in [4.78, 5) is 22.3. The second-order valence-corrected chi connectivity index (χ2v) is 4.84. The minimum Gasteiger partial charge on any atom is -0.337 e. The smallest absolute Gasteiger partial charge is 0.257 e. The van der Waals surface area contributed by atoms with Crippen LogP contribution in [0.25, 0.3) is 0 Å². The number of amides is 1. The molecule has 0 fully saturated rings. The van der Waals surface area contributed by atoms with Crippen LogP contribution in [0.5, 0.6) is 0 Å². The normalized spacial score (nSPS) is 9.91. The van der Waals surface area contributed by atoms with Gasteiger partial charge in [0.2, 0.25) is 0 Å². The van der Waals surface area contributed by atoms with E-state index < -0.39 is 0 Å². The number of benzene rings is 1. The molecular formula is C16H21ClN4O. The minimum absolute atomic E-state index is 0. The molecule has 0 aliphatic heterocycles. The summed E-state index contributed by atoms with van der Waals surface area (Å²) in [7, 11) is 0. The van der Waals surface area contributed by atoms with Crippen molar-refractivity contribution in [2.45, 2.75) is 13.3 Å². The van der Waals surface area contributed by atoms with Gasteiger partial charge in [0.15, 0.2) is 0 Å². The molecular weight excluding hydrogens is 300 g/mol. The van der Waals surface area contributed by atoms with Gasteiger partial charge in [0.1, 0.15) is 6.33 Å². The highest BCUT2D eigenvalue weighted by atomic mass is 35.5. The SMILES string of the molecule is Cc1ncncc1C(=O)N(CCN)CCc1ccccc1.Cl. The summed E-state index contributed by atoms with van der Waals surface area (Å²) in [5.74, 6) is -0.0607. The zero-order chi connectivity index (χ0) is 15.1. The Morgan fingerprint density at radius 1 is 1.23 bits per heavy atom. The summed E-state index contributed by atoms with van der Waals surface area (Å²) in [6.07, 6.45) is 3.82. The molecule has 0 radical (unpaired) electrons. The molecule has 1 aromatic carbocycles. The van der Waals surface area contributed by atoms with Gasteiger partial charge in [-0.15, -0.1) is 12.4 Å². The third kappa shape index (κ3) is 4.79. The Kier molecular flexibility index (Phi) is 7.49. The van der Waals surface area contributed by atoms with Gasteiger partial charge in [-0.2, -0.15) is 0 Å². The van der Waals surface area contributed by atoms with Crippen LogP contribution in [-0.4, -0.2) is 40.4 Å². The molecule has 0 bridgehead atoms. The Morgan fingerprint density at radius 3 is 2.59 bits per heavy atom. The van der Waals surface area contributed by atoms with Gasteiger partial charge in [0.05, 0.1) is 11.3 Å². The molecule has 22 heavy (non-hydrogen) atoms. The fourth-order valence-electron chi connectivity index (χ4n) is 2.15. The maximum absolute atomic E-state index is 12.6. The van der Waals surface area contributed by atoms with E-state index >= 15 is 0 Å². The fraction of sp³-hybridized carbons (Fsp3) is 0.312. The summed E-state index contributed by atoms with van der Waals surface area (Å²) in [6, 6.07) is 10.1. The van der Waals surface area contributed by atoms with Gasteiger partial charge in [-0.25, -0.2) is 9.97 Å². The summed E-state index contributed by atoms with van der Waals surface area (Å²) < 4.78 is 0. The van der Waals surface area contributed by atoms with Crippen LogP contribution in [0.4, 0.5) is 0 Å². The van der Waals surface area contributed by atoms with Crippen LogP contribution in [0.2, 0.25) is 0 Å². The summed E-state index contributed by atoms with van der Waals surface area (Å²) in [5, 5.41) is 0. The van der Waals surface area contributed by atoms with Crippen LogP contribution in [0.1, 0.15) is 21.6 Å². The molecule has 1 amide bonds. The van der Waals surface area contributed by atoms with Gasteiger partial charge in [-0.05, 0) is 18.9 Å². The van der Waals surface area contributed by atoms with E-state index in [1.807, 2.05) is 25.1 Å². The maximum atomic E-state index is 12.6. The van der Waals surface area contributed by atoms with E-state index in [0.29, 0.717) is 30.9 Å². The molecule has 0 aliphatic carbocycles. The van der Waals surface area contributed by atoms with E-state index in [4.69, 9.17) is 5.73 Å². The van der Waals surface area contributed by atoms with Crippen LogP contribution < -0.4 is 5.73 Å². The highest BCUT2D eigenvalue weighted by molar-refractivity contribution is 5.94. The van der Waals surface area contributed by atoms with Gasteiger partial charge < -0.3 is 10.6 Å². The summed E-state index contributed by atoms with van der Waals surface area (Å²) in [5.41, 5.74) is 8.06. The number of rotatable bonds is 6. The predicted molar refractivity (Wildman–Crippen MR) is 89.1 cm³/mol. The van der Waals surface area contributed by atoms with E-state index in [1.165, 1.54) is 11.9 Å². The van der Waals surface area contributed by atoms with Crippen molar-refractivity contribution in [2.75, 3.05) is 19.6 Å². The number of halogens is 1. The van der Waals surface area contributed by atoms with Crippen molar-refractivity contribution in [3.63, 3.8) is 0 Å². The molecule has 1 aromatic heterocycles. The average Bonchev–Trinajstić information content (AvgIpc) is 2.52. The lowest BCUT2D eigenvalue weighted by Gasteiger charge is -2.22. The first-order valence-corrected chi connectivity index (χ1v) is 7.02. The fourth-order valence-corrected chi connectivity index (χ4v) is 2.15. The van der Waals surface area contributed by atoms with Gasteiger partial charge in [-0.1, -0.05) is 30.3 Å². The second-order valence-electron chi connectivity index (χ2n) is 4.84. The largest absolute Gasteiger partial charge is 0.337 e. The molecule has 0 atom stereocenters. The van der Waals surface area contributed by atoms with Crippen molar-refractivity contribution < 1.29 is 4.79 Å². The van der Waals surface area contributed by atoms with Gasteiger partial charge in [-0.3, -0.25) is 4.79 Å². The first kappa shape index (κ1) is 18.1. The Hall–Kier alpha value is -1.98. The molecule has 0 saturated heterocycles. The van der Waals surface area contributed by atoms with Crippen LogP contribution in [0.3, 0.4) is 0 Å². The van der Waals surface area contributed by atoms with Crippen LogP contribution >= 0.6 is 12.4 Å². The monoisotopic (exact) mass is 320 g/mol. The van der Waals surface area contributed by atoms with E-state index in [-0.39, 0.29) is 18.3 Å². The second kappa shape index (κ2) is 9.12. The highest BCUT2D eigenvalue weighted by Crippen LogP contribution is 2.08. The minimum atomic E-state index is -0.0607. The number of carbonyl (C=O) groups excluding carboxylic acids is 1. The number of hydrogen-bond donors (Lipinski definition) is 1. The van der Waals surface area contributed by atoms with Crippen LogP contribution in [0, 0.1) is 6.92 Å². The number of aromatic nitrogens is 2. The first-order valence-electron chi connectivity index (χ1n) is 7.02. The lowest BCUT2D eigenvalue weighted by atomic mass is 10.1. The predicted octanol–water partition coefficient (Wildman–Crippen LogP) is 1.85. The summed E-state index contributed by atoms with van der Waals surface area (Å²) >= 11 is 0.